The number of carbonyl (C=O) groups is 2. The summed E-state index contributed by atoms with van der Waals surface area (Å²) in [6.45, 7) is 2.03. The van der Waals surface area contributed by atoms with Gasteiger partial charge in [0.15, 0.2) is 0 Å². The van der Waals surface area contributed by atoms with Crippen LogP contribution in [-0.4, -0.2) is 24.4 Å². The third kappa shape index (κ3) is 3.25. The van der Waals surface area contributed by atoms with Crippen molar-refractivity contribution < 1.29 is 9.59 Å². The van der Waals surface area contributed by atoms with Gasteiger partial charge in [0.2, 0.25) is 5.91 Å². The second-order valence-corrected chi connectivity index (χ2v) is 2.84. The second-order valence-electron chi connectivity index (χ2n) is 2.84. The summed E-state index contributed by atoms with van der Waals surface area (Å²) in [5.74, 6) is -0.487. The molecule has 0 radical (unpaired) electrons. The highest BCUT2D eigenvalue weighted by Crippen LogP contribution is 1.98. The van der Waals surface area contributed by atoms with Crippen molar-refractivity contribution in [3.63, 3.8) is 0 Å². The van der Waals surface area contributed by atoms with E-state index in [1.165, 1.54) is 6.92 Å². The minimum absolute atomic E-state index is 0.209. The highest BCUT2D eigenvalue weighted by molar-refractivity contribution is 5.84. The topological polar surface area (TPSA) is 70.2 Å². The Morgan fingerprint density at radius 3 is 2.69 bits per heavy atom. The summed E-state index contributed by atoms with van der Waals surface area (Å²) >= 11 is 0. The first-order valence-electron chi connectivity index (χ1n) is 4.15. The Morgan fingerprint density at radius 1 is 1.38 bits per heavy atom. The molecule has 1 unspecified atom stereocenters. The number of rotatable bonds is 1. The predicted octanol–water partition coefficient (Wildman–Crippen LogP) is -0.928. The molecule has 0 saturated heterocycles. The molecule has 0 fully saturated rings. The van der Waals surface area contributed by atoms with Crippen LogP contribution in [0.2, 0.25) is 0 Å². The van der Waals surface area contributed by atoms with Crippen LogP contribution in [-0.2, 0) is 9.59 Å². The van der Waals surface area contributed by atoms with Gasteiger partial charge in [-0.05, 0) is 6.42 Å². The molecule has 1 aliphatic heterocycles. The van der Waals surface area contributed by atoms with E-state index in [0.29, 0.717) is 13.0 Å². The summed E-state index contributed by atoms with van der Waals surface area (Å²) in [4.78, 5) is 21.8. The minimum Gasteiger partial charge on any atom is -0.302 e. The summed E-state index contributed by atoms with van der Waals surface area (Å²) in [6, 6.07) is -0.239. The van der Waals surface area contributed by atoms with Gasteiger partial charge in [-0.1, -0.05) is 12.2 Å². The fraction of sp³-hybridized carbons (Fsp3) is 0.500. The first kappa shape index (κ1) is 9.73. The van der Waals surface area contributed by atoms with Gasteiger partial charge < -0.3 is 5.32 Å². The zero-order valence-corrected chi connectivity index (χ0v) is 7.46. The molecule has 0 aromatic carbocycles. The van der Waals surface area contributed by atoms with Crippen molar-refractivity contribution in [1.29, 1.82) is 0 Å². The maximum absolute atomic E-state index is 11.3. The van der Waals surface area contributed by atoms with Crippen molar-refractivity contribution in [3.05, 3.63) is 12.2 Å². The monoisotopic (exact) mass is 183 g/mol. The normalized spacial score (nSPS) is 20.8. The average molecular weight is 183 g/mol. The highest BCUT2D eigenvalue weighted by atomic mass is 16.2. The Kier molecular flexibility index (Phi) is 3.45. The predicted molar refractivity (Wildman–Crippen MR) is 47.5 cm³/mol. The van der Waals surface area contributed by atoms with Gasteiger partial charge in [-0.15, -0.1) is 0 Å². The van der Waals surface area contributed by atoms with Gasteiger partial charge in [-0.25, -0.2) is 0 Å². The summed E-state index contributed by atoms with van der Waals surface area (Å²) in [7, 11) is 0. The van der Waals surface area contributed by atoms with Crippen molar-refractivity contribution >= 4 is 11.8 Å². The number of hydrogen-bond acceptors (Lipinski definition) is 3. The summed E-state index contributed by atoms with van der Waals surface area (Å²) < 4.78 is 0. The molecule has 1 atom stereocenters. The van der Waals surface area contributed by atoms with E-state index in [9.17, 15) is 9.59 Å². The van der Waals surface area contributed by atoms with Gasteiger partial charge in [0.25, 0.3) is 5.91 Å². The molecular weight excluding hydrogens is 170 g/mol. The molecule has 1 rings (SSSR count). The molecule has 13 heavy (non-hydrogen) atoms. The Bertz CT molecular complexity index is 238. The molecule has 1 heterocycles. The SMILES string of the molecule is CC(=O)NNC(=O)C1CC=CCN1. The number of hydrogen-bond donors (Lipinski definition) is 3. The van der Waals surface area contributed by atoms with Crippen LogP contribution in [0, 0.1) is 0 Å². The van der Waals surface area contributed by atoms with Crippen LogP contribution in [0.4, 0.5) is 0 Å². The van der Waals surface area contributed by atoms with E-state index in [-0.39, 0.29) is 17.9 Å². The molecule has 0 bridgehead atoms. The first-order valence-corrected chi connectivity index (χ1v) is 4.15. The van der Waals surface area contributed by atoms with E-state index >= 15 is 0 Å². The van der Waals surface area contributed by atoms with Gasteiger partial charge in [0, 0.05) is 13.5 Å². The highest BCUT2D eigenvalue weighted by Gasteiger charge is 2.17. The van der Waals surface area contributed by atoms with Gasteiger partial charge in [0.05, 0.1) is 6.04 Å². The second kappa shape index (κ2) is 4.61. The van der Waals surface area contributed by atoms with Gasteiger partial charge in [-0.2, -0.15) is 0 Å². The van der Waals surface area contributed by atoms with Gasteiger partial charge in [-0.3, -0.25) is 20.4 Å². The lowest BCUT2D eigenvalue weighted by Gasteiger charge is -2.18. The molecule has 0 aromatic heterocycles. The summed E-state index contributed by atoms with van der Waals surface area (Å²) in [5.41, 5.74) is 4.56. The summed E-state index contributed by atoms with van der Waals surface area (Å²) in [5, 5.41) is 2.99. The molecule has 72 valence electrons. The molecule has 3 N–H and O–H groups in total. The standard InChI is InChI=1S/C8H13N3O2/c1-6(12)10-11-8(13)7-4-2-3-5-9-7/h2-3,7,9H,4-5H2,1H3,(H,10,12)(H,11,13). The maximum Gasteiger partial charge on any atom is 0.255 e. The minimum atomic E-state index is -0.278. The largest absolute Gasteiger partial charge is 0.302 e. The van der Waals surface area contributed by atoms with Crippen LogP contribution >= 0.6 is 0 Å². The Balaban J connectivity index is 2.30. The van der Waals surface area contributed by atoms with Crippen LogP contribution in [0.5, 0.6) is 0 Å². The lowest BCUT2D eigenvalue weighted by Crippen LogP contribution is -2.51. The first-order chi connectivity index (χ1) is 6.20. The quantitative estimate of drug-likeness (QED) is 0.363. The third-order valence-electron chi connectivity index (χ3n) is 1.70. The molecule has 2 amide bonds. The van der Waals surface area contributed by atoms with Crippen molar-refractivity contribution in [1.82, 2.24) is 16.2 Å². The molecule has 5 heteroatoms. The van der Waals surface area contributed by atoms with Crippen LogP contribution in [0.15, 0.2) is 12.2 Å². The van der Waals surface area contributed by atoms with E-state index in [1.807, 2.05) is 12.2 Å². The lowest BCUT2D eigenvalue weighted by atomic mass is 10.1. The zero-order chi connectivity index (χ0) is 9.68. The van der Waals surface area contributed by atoms with Crippen molar-refractivity contribution in [2.75, 3.05) is 6.54 Å². The average Bonchev–Trinajstić information content (AvgIpc) is 2.15. The Hall–Kier alpha value is -1.36. The van der Waals surface area contributed by atoms with E-state index in [1.54, 1.807) is 0 Å². The molecule has 0 aromatic rings. The zero-order valence-electron chi connectivity index (χ0n) is 7.46. The van der Waals surface area contributed by atoms with Crippen LogP contribution < -0.4 is 16.2 Å². The van der Waals surface area contributed by atoms with E-state index in [4.69, 9.17) is 0 Å². The number of nitrogens with one attached hydrogen (secondary N) is 3. The van der Waals surface area contributed by atoms with E-state index in [2.05, 4.69) is 16.2 Å². The van der Waals surface area contributed by atoms with Crippen molar-refractivity contribution in [3.8, 4) is 0 Å². The Morgan fingerprint density at radius 2 is 2.15 bits per heavy atom. The van der Waals surface area contributed by atoms with Crippen LogP contribution in [0.1, 0.15) is 13.3 Å². The molecular formula is C8H13N3O2. The maximum atomic E-state index is 11.3. The smallest absolute Gasteiger partial charge is 0.255 e. The lowest BCUT2D eigenvalue weighted by molar-refractivity contribution is -0.129. The van der Waals surface area contributed by atoms with Crippen molar-refractivity contribution in [2.24, 2.45) is 0 Å². The molecule has 0 aliphatic carbocycles. The fourth-order valence-corrected chi connectivity index (χ4v) is 1.05. The Labute approximate surface area is 76.5 Å². The molecule has 1 aliphatic rings. The van der Waals surface area contributed by atoms with Crippen LogP contribution in [0.25, 0.3) is 0 Å². The summed E-state index contributed by atoms with van der Waals surface area (Å²) in [6.07, 6.45) is 4.56. The number of amides is 2. The van der Waals surface area contributed by atoms with E-state index in [0.717, 1.165) is 0 Å². The number of hydrazine groups is 1. The van der Waals surface area contributed by atoms with Crippen molar-refractivity contribution in [2.45, 2.75) is 19.4 Å². The van der Waals surface area contributed by atoms with E-state index < -0.39 is 0 Å². The molecule has 0 spiro atoms. The number of carbonyl (C=O) groups excluding carboxylic acids is 2. The van der Waals surface area contributed by atoms with Gasteiger partial charge >= 0.3 is 0 Å². The van der Waals surface area contributed by atoms with Gasteiger partial charge in [0.1, 0.15) is 0 Å². The third-order valence-corrected chi connectivity index (χ3v) is 1.70. The fourth-order valence-electron chi connectivity index (χ4n) is 1.05. The molecule has 0 saturated carbocycles. The molecule has 5 nitrogen and oxygen atoms in total. The van der Waals surface area contributed by atoms with Crippen LogP contribution in [0.3, 0.4) is 0 Å².